The first-order valence-electron chi connectivity index (χ1n) is 4.79. The third kappa shape index (κ3) is 1.87. The first-order valence-corrected chi connectivity index (χ1v) is 5.55. The fourth-order valence-electron chi connectivity index (χ4n) is 1.99. The summed E-state index contributed by atoms with van der Waals surface area (Å²) in [6.45, 7) is 0.866. The summed E-state index contributed by atoms with van der Waals surface area (Å²) in [4.78, 5) is 0. The first kappa shape index (κ1) is 9.42. The molecule has 1 N–H and O–H groups in total. The zero-order valence-corrected chi connectivity index (χ0v) is 9.01. The maximum absolute atomic E-state index is 6.21. The lowest BCUT2D eigenvalue weighted by Gasteiger charge is -2.19. The van der Waals surface area contributed by atoms with Gasteiger partial charge in [-0.15, -0.1) is 0 Å². The highest BCUT2D eigenvalue weighted by molar-refractivity contribution is 6.32. The van der Waals surface area contributed by atoms with E-state index in [1.165, 1.54) is 24.0 Å². The van der Waals surface area contributed by atoms with Crippen molar-refractivity contribution in [2.45, 2.75) is 32.1 Å². The van der Waals surface area contributed by atoms with E-state index in [4.69, 9.17) is 23.2 Å². The minimum absolute atomic E-state index is 0.824. The molecule has 72 valence electrons. The van der Waals surface area contributed by atoms with E-state index in [0.717, 1.165) is 36.0 Å². The summed E-state index contributed by atoms with van der Waals surface area (Å²) in [6, 6.07) is 0. The number of nitrogens with one attached hydrogen (secondary N) is 1. The van der Waals surface area contributed by atoms with E-state index in [9.17, 15) is 0 Å². The van der Waals surface area contributed by atoms with Crippen molar-refractivity contribution in [3.8, 4) is 0 Å². The van der Waals surface area contributed by atoms with Crippen molar-refractivity contribution in [2.24, 2.45) is 0 Å². The third-order valence-corrected chi connectivity index (χ3v) is 3.46. The van der Waals surface area contributed by atoms with Gasteiger partial charge in [-0.3, -0.25) is 0 Å². The average molecular weight is 218 g/mol. The molecule has 0 aromatic carbocycles. The van der Waals surface area contributed by atoms with Gasteiger partial charge in [0.15, 0.2) is 0 Å². The van der Waals surface area contributed by atoms with Gasteiger partial charge in [0.1, 0.15) is 5.16 Å². The second-order valence-electron chi connectivity index (χ2n) is 3.56. The van der Waals surface area contributed by atoms with Crippen LogP contribution in [0.3, 0.4) is 0 Å². The van der Waals surface area contributed by atoms with E-state index in [-0.39, 0.29) is 0 Å². The largest absolute Gasteiger partial charge is 0.375 e. The molecule has 1 heterocycles. The molecule has 0 saturated heterocycles. The highest BCUT2D eigenvalue weighted by Crippen LogP contribution is 2.37. The summed E-state index contributed by atoms with van der Waals surface area (Å²) in [6.07, 6.45) is 5.58. The quantitative estimate of drug-likeness (QED) is 0.613. The molecule has 1 aliphatic carbocycles. The van der Waals surface area contributed by atoms with E-state index >= 15 is 0 Å². The molecule has 1 nitrogen and oxygen atoms in total. The molecule has 1 fully saturated rings. The summed E-state index contributed by atoms with van der Waals surface area (Å²) in [5.41, 5.74) is 2.57. The predicted octanol–water partition coefficient (Wildman–Crippen LogP) is 3.50. The summed E-state index contributed by atoms with van der Waals surface area (Å²) < 4.78 is 0. The Morgan fingerprint density at radius 2 is 1.62 bits per heavy atom. The maximum atomic E-state index is 6.21. The van der Waals surface area contributed by atoms with Crippen LogP contribution in [0.5, 0.6) is 0 Å². The van der Waals surface area contributed by atoms with Gasteiger partial charge in [-0.05, 0) is 36.8 Å². The Labute approximate surface area is 88.8 Å². The van der Waals surface area contributed by atoms with Crippen LogP contribution in [0.1, 0.15) is 32.1 Å². The third-order valence-electron chi connectivity index (χ3n) is 2.68. The number of allylic oxidation sites excluding steroid dienone is 2. The monoisotopic (exact) mass is 217 g/mol. The van der Waals surface area contributed by atoms with Crippen molar-refractivity contribution in [2.75, 3.05) is 6.54 Å². The van der Waals surface area contributed by atoms with Gasteiger partial charge in [-0.25, -0.2) is 0 Å². The number of hydrogen-bond donors (Lipinski definition) is 1. The Bertz CT molecular complexity index is 251. The first-order chi connectivity index (χ1) is 6.29. The number of hydrogen-bond acceptors (Lipinski definition) is 1. The molecule has 1 saturated carbocycles. The van der Waals surface area contributed by atoms with E-state index < -0.39 is 0 Å². The molecular weight excluding hydrogens is 205 g/mol. The minimum atomic E-state index is 0.824. The van der Waals surface area contributed by atoms with Crippen LogP contribution in [-0.4, -0.2) is 6.54 Å². The molecule has 0 radical (unpaired) electrons. The topological polar surface area (TPSA) is 12.0 Å². The highest BCUT2D eigenvalue weighted by Gasteiger charge is 2.20. The Hall–Kier alpha value is -0.140. The highest BCUT2D eigenvalue weighted by atomic mass is 35.5. The van der Waals surface area contributed by atoms with Gasteiger partial charge in [0.05, 0.1) is 0 Å². The fourth-order valence-corrected chi connectivity index (χ4v) is 2.59. The van der Waals surface area contributed by atoms with E-state index in [2.05, 4.69) is 5.32 Å². The molecule has 1 aliphatic heterocycles. The van der Waals surface area contributed by atoms with Gasteiger partial charge >= 0.3 is 0 Å². The molecule has 0 bridgehead atoms. The Morgan fingerprint density at radius 1 is 0.923 bits per heavy atom. The van der Waals surface area contributed by atoms with Gasteiger partial charge in [0, 0.05) is 18.0 Å². The van der Waals surface area contributed by atoms with Gasteiger partial charge in [0.25, 0.3) is 0 Å². The summed E-state index contributed by atoms with van der Waals surface area (Å²) in [7, 11) is 0. The predicted molar refractivity (Wildman–Crippen MR) is 56.8 cm³/mol. The van der Waals surface area contributed by atoms with Gasteiger partial charge in [-0.1, -0.05) is 23.2 Å². The summed E-state index contributed by atoms with van der Waals surface area (Å²) in [5, 5.41) is 5.03. The summed E-state index contributed by atoms with van der Waals surface area (Å²) in [5.74, 6) is 0. The lowest BCUT2D eigenvalue weighted by atomic mass is 9.90. The van der Waals surface area contributed by atoms with Gasteiger partial charge < -0.3 is 5.32 Å². The summed E-state index contributed by atoms with van der Waals surface area (Å²) >= 11 is 12.3. The van der Waals surface area contributed by atoms with Crippen LogP contribution in [-0.2, 0) is 0 Å². The molecule has 0 aromatic rings. The Morgan fingerprint density at radius 3 is 2.38 bits per heavy atom. The maximum Gasteiger partial charge on any atom is 0.105 e. The van der Waals surface area contributed by atoms with Crippen molar-refractivity contribution in [3.05, 3.63) is 21.3 Å². The van der Waals surface area contributed by atoms with Crippen LogP contribution in [0.25, 0.3) is 0 Å². The van der Waals surface area contributed by atoms with Crippen LogP contribution < -0.4 is 5.32 Å². The van der Waals surface area contributed by atoms with Gasteiger partial charge in [-0.2, -0.15) is 0 Å². The van der Waals surface area contributed by atoms with Crippen molar-refractivity contribution in [3.63, 3.8) is 0 Å². The zero-order valence-electron chi connectivity index (χ0n) is 7.50. The van der Waals surface area contributed by atoms with E-state index in [0.29, 0.717) is 0 Å². The molecule has 0 spiro atoms. The fraction of sp³-hybridized carbons (Fsp3) is 0.600. The van der Waals surface area contributed by atoms with E-state index in [1.54, 1.807) is 0 Å². The van der Waals surface area contributed by atoms with Gasteiger partial charge in [0.2, 0.25) is 0 Å². The van der Waals surface area contributed by atoms with Crippen molar-refractivity contribution < 1.29 is 0 Å². The normalized spacial score (nSPS) is 23.8. The molecule has 0 aromatic heterocycles. The second kappa shape index (κ2) is 3.93. The van der Waals surface area contributed by atoms with E-state index in [1.807, 2.05) is 0 Å². The zero-order chi connectivity index (χ0) is 9.26. The number of rotatable bonds is 0. The SMILES string of the molecule is ClC1=C2CCCCC2=C(Cl)NCC1. The molecule has 0 atom stereocenters. The molecule has 13 heavy (non-hydrogen) atoms. The van der Waals surface area contributed by atoms with Crippen LogP contribution in [0.15, 0.2) is 21.3 Å². The van der Waals surface area contributed by atoms with Crippen LogP contribution >= 0.6 is 23.2 Å². The molecular formula is C10H13Cl2N. The lowest BCUT2D eigenvalue weighted by Crippen LogP contribution is -2.11. The molecule has 0 unspecified atom stereocenters. The smallest absolute Gasteiger partial charge is 0.105 e. The van der Waals surface area contributed by atoms with Crippen molar-refractivity contribution >= 4 is 23.2 Å². The molecule has 0 amide bonds. The molecule has 2 rings (SSSR count). The molecule has 3 heteroatoms. The average Bonchev–Trinajstić information content (AvgIpc) is 2.29. The standard InChI is InChI=1S/C10H13Cl2N/c11-9-5-6-13-10(12)8-4-2-1-3-7(8)9/h13H,1-6H2. The van der Waals surface area contributed by atoms with Crippen LogP contribution in [0, 0.1) is 0 Å². The number of halogens is 2. The number of fused-ring (bicyclic) bond motifs is 1. The van der Waals surface area contributed by atoms with Crippen LogP contribution in [0.2, 0.25) is 0 Å². The van der Waals surface area contributed by atoms with Crippen molar-refractivity contribution in [1.29, 1.82) is 0 Å². The second-order valence-corrected chi connectivity index (χ2v) is 4.39. The minimum Gasteiger partial charge on any atom is -0.375 e. The Balaban J connectivity index is 2.39. The lowest BCUT2D eigenvalue weighted by molar-refractivity contribution is 0.673. The Kier molecular flexibility index (Phi) is 2.85. The molecule has 2 aliphatic rings. The van der Waals surface area contributed by atoms with Crippen LogP contribution in [0.4, 0.5) is 0 Å². The van der Waals surface area contributed by atoms with Crippen molar-refractivity contribution in [1.82, 2.24) is 5.32 Å².